The maximum Gasteiger partial charge on any atom is 0.119 e. The summed E-state index contributed by atoms with van der Waals surface area (Å²) in [6.07, 6.45) is 4.52. The number of morpholine rings is 1. The molecule has 1 aliphatic heterocycles. The average Bonchev–Trinajstić information content (AvgIpc) is 2.63. The Kier molecular flexibility index (Phi) is 8.89. The Morgan fingerprint density at radius 3 is 2.09 bits per heavy atom. The van der Waals surface area contributed by atoms with E-state index in [2.05, 4.69) is 43.0 Å². The number of rotatable bonds is 6. The van der Waals surface area contributed by atoms with E-state index in [1.54, 1.807) is 0 Å². The molecule has 1 aliphatic rings. The van der Waals surface area contributed by atoms with Crippen LogP contribution in [0.3, 0.4) is 0 Å². The highest BCUT2D eigenvalue weighted by atomic mass is 16.5. The van der Waals surface area contributed by atoms with E-state index in [1.165, 1.54) is 11.3 Å². The van der Waals surface area contributed by atoms with E-state index in [0.717, 1.165) is 51.9 Å². The van der Waals surface area contributed by atoms with Crippen molar-refractivity contribution < 1.29 is 9.53 Å². The molecule has 2 rings (SSSR count). The molecule has 2 N–H and O–H groups in total. The number of hydrogen-bond acceptors (Lipinski definition) is 4. The highest BCUT2D eigenvalue weighted by molar-refractivity contribution is 5.48. The van der Waals surface area contributed by atoms with E-state index in [0.29, 0.717) is 6.42 Å². The van der Waals surface area contributed by atoms with Gasteiger partial charge < -0.3 is 20.2 Å². The largest absolute Gasteiger partial charge is 0.378 e. The van der Waals surface area contributed by atoms with Gasteiger partial charge in [-0.15, -0.1) is 0 Å². The molecule has 0 saturated carbocycles. The second-order valence-corrected chi connectivity index (χ2v) is 6.09. The Hall–Kier alpha value is -1.39. The smallest absolute Gasteiger partial charge is 0.119 e. The van der Waals surface area contributed by atoms with E-state index in [9.17, 15) is 4.79 Å². The number of carbonyl (C=O) groups is 1. The molecule has 1 saturated heterocycles. The predicted octanol–water partition coefficient (Wildman–Crippen LogP) is 3.18. The van der Waals surface area contributed by atoms with Crippen LogP contribution >= 0.6 is 0 Å². The van der Waals surface area contributed by atoms with Crippen LogP contribution in [0.25, 0.3) is 0 Å². The molecule has 0 spiro atoms. The molecular weight excluding hydrogens is 288 g/mol. The van der Waals surface area contributed by atoms with E-state index in [4.69, 9.17) is 10.5 Å². The van der Waals surface area contributed by atoms with Crippen LogP contribution in [0.4, 0.5) is 5.69 Å². The maximum absolute atomic E-state index is 9.17. The van der Waals surface area contributed by atoms with Crippen LogP contribution in [0, 0.1) is 0 Å². The number of hydrogen-bond donors (Lipinski definition) is 1. The first-order chi connectivity index (χ1) is 11.1. The minimum absolute atomic E-state index is 0.0551. The van der Waals surface area contributed by atoms with Crippen molar-refractivity contribution in [3.8, 4) is 0 Å². The van der Waals surface area contributed by atoms with Crippen molar-refractivity contribution in [2.24, 2.45) is 5.73 Å². The van der Waals surface area contributed by atoms with Crippen LogP contribution < -0.4 is 10.6 Å². The van der Waals surface area contributed by atoms with E-state index in [-0.39, 0.29) is 5.54 Å². The summed E-state index contributed by atoms with van der Waals surface area (Å²) in [4.78, 5) is 11.6. The van der Waals surface area contributed by atoms with Crippen LogP contribution in [-0.4, -0.2) is 38.1 Å². The van der Waals surface area contributed by atoms with Crippen molar-refractivity contribution in [1.29, 1.82) is 0 Å². The molecule has 0 bridgehead atoms. The van der Waals surface area contributed by atoms with Crippen molar-refractivity contribution in [3.05, 3.63) is 29.8 Å². The summed E-state index contributed by atoms with van der Waals surface area (Å²) in [5.41, 5.74) is 8.96. The monoisotopic (exact) mass is 320 g/mol. The minimum Gasteiger partial charge on any atom is -0.378 e. The first-order valence-electron chi connectivity index (χ1n) is 8.72. The number of benzene rings is 1. The highest BCUT2D eigenvalue weighted by Crippen LogP contribution is 2.21. The summed E-state index contributed by atoms with van der Waals surface area (Å²) < 4.78 is 5.38. The van der Waals surface area contributed by atoms with Gasteiger partial charge in [-0.25, -0.2) is 0 Å². The molecule has 130 valence electrons. The van der Waals surface area contributed by atoms with Crippen molar-refractivity contribution in [1.82, 2.24) is 0 Å². The fraction of sp³-hybridized carbons (Fsp3) is 0.632. The van der Waals surface area contributed by atoms with Gasteiger partial charge in [0.15, 0.2) is 0 Å². The molecule has 0 radical (unpaired) electrons. The predicted molar refractivity (Wildman–Crippen MR) is 97.0 cm³/mol. The second kappa shape index (κ2) is 10.4. The van der Waals surface area contributed by atoms with E-state index >= 15 is 0 Å². The number of nitrogens with zero attached hydrogens (tertiary/aromatic N) is 1. The molecule has 4 nitrogen and oxygen atoms in total. The SMILES string of the molecule is CCC(N)(CC)Cc1ccc(N2CCOCC2)cc1.CCC=O. The molecule has 23 heavy (non-hydrogen) atoms. The number of ether oxygens (including phenoxy) is 1. The summed E-state index contributed by atoms with van der Waals surface area (Å²) in [7, 11) is 0. The summed E-state index contributed by atoms with van der Waals surface area (Å²) in [6.45, 7) is 9.80. The molecule has 1 aromatic rings. The van der Waals surface area contributed by atoms with Crippen LogP contribution in [0.1, 0.15) is 45.6 Å². The number of anilines is 1. The van der Waals surface area contributed by atoms with Gasteiger partial charge in [0.25, 0.3) is 0 Å². The second-order valence-electron chi connectivity index (χ2n) is 6.09. The van der Waals surface area contributed by atoms with Crippen molar-refractivity contribution in [2.45, 2.75) is 52.0 Å². The Morgan fingerprint density at radius 2 is 1.65 bits per heavy atom. The van der Waals surface area contributed by atoms with Crippen molar-refractivity contribution in [3.63, 3.8) is 0 Å². The molecule has 1 heterocycles. The average molecular weight is 320 g/mol. The van der Waals surface area contributed by atoms with Gasteiger partial charge in [-0.3, -0.25) is 0 Å². The lowest BCUT2D eigenvalue weighted by Gasteiger charge is -2.30. The third-order valence-corrected chi connectivity index (χ3v) is 4.44. The summed E-state index contributed by atoms with van der Waals surface area (Å²) in [5, 5.41) is 0. The number of carbonyl (C=O) groups excluding carboxylic acids is 1. The molecule has 0 unspecified atom stereocenters. The van der Waals surface area contributed by atoms with Gasteiger partial charge in [0, 0.05) is 30.7 Å². The van der Waals surface area contributed by atoms with E-state index < -0.39 is 0 Å². The zero-order valence-electron chi connectivity index (χ0n) is 14.9. The van der Waals surface area contributed by atoms with Gasteiger partial charge >= 0.3 is 0 Å². The third-order valence-electron chi connectivity index (χ3n) is 4.44. The quantitative estimate of drug-likeness (QED) is 0.818. The fourth-order valence-electron chi connectivity index (χ4n) is 2.55. The molecule has 0 atom stereocenters. The normalized spacial score (nSPS) is 14.9. The maximum atomic E-state index is 9.17. The summed E-state index contributed by atoms with van der Waals surface area (Å²) in [5.74, 6) is 0. The van der Waals surface area contributed by atoms with Crippen molar-refractivity contribution in [2.75, 3.05) is 31.2 Å². The fourth-order valence-corrected chi connectivity index (χ4v) is 2.55. The van der Waals surface area contributed by atoms with Crippen LogP contribution in [0.2, 0.25) is 0 Å². The first kappa shape index (κ1) is 19.7. The van der Waals surface area contributed by atoms with Gasteiger partial charge in [0.05, 0.1) is 13.2 Å². The summed E-state index contributed by atoms with van der Waals surface area (Å²) >= 11 is 0. The minimum atomic E-state index is -0.0551. The molecule has 0 aromatic heterocycles. The highest BCUT2D eigenvalue weighted by Gasteiger charge is 2.20. The Morgan fingerprint density at radius 1 is 1.13 bits per heavy atom. The molecular formula is C19H32N2O2. The Balaban J connectivity index is 0.000000593. The molecule has 0 aliphatic carbocycles. The topological polar surface area (TPSA) is 55.6 Å². The zero-order chi connectivity index (χ0) is 17.1. The van der Waals surface area contributed by atoms with Gasteiger partial charge in [-0.2, -0.15) is 0 Å². The third kappa shape index (κ3) is 6.71. The van der Waals surface area contributed by atoms with Gasteiger partial charge in [-0.05, 0) is 37.0 Å². The van der Waals surface area contributed by atoms with Crippen molar-refractivity contribution >= 4 is 12.0 Å². The number of nitrogens with two attached hydrogens (primary N) is 1. The Labute approximate surface area is 141 Å². The first-order valence-corrected chi connectivity index (χ1v) is 8.72. The van der Waals surface area contributed by atoms with E-state index in [1.807, 2.05) is 6.92 Å². The van der Waals surface area contributed by atoms with Crippen LogP contribution in [0.15, 0.2) is 24.3 Å². The zero-order valence-corrected chi connectivity index (χ0v) is 14.9. The Bertz CT molecular complexity index is 435. The van der Waals surface area contributed by atoms with Gasteiger partial charge in [0.1, 0.15) is 6.29 Å². The van der Waals surface area contributed by atoms with Crippen LogP contribution in [-0.2, 0) is 16.0 Å². The van der Waals surface area contributed by atoms with Gasteiger partial charge in [-0.1, -0.05) is 32.9 Å². The lowest BCUT2D eigenvalue weighted by atomic mass is 9.87. The summed E-state index contributed by atoms with van der Waals surface area (Å²) in [6, 6.07) is 8.87. The lowest BCUT2D eigenvalue weighted by molar-refractivity contribution is -0.107. The van der Waals surface area contributed by atoms with Gasteiger partial charge in [0.2, 0.25) is 0 Å². The number of aldehydes is 1. The molecule has 4 heteroatoms. The lowest BCUT2D eigenvalue weighted by Crippen LogP contribution is -2.40. The van der Waals surface area contributed by atoms with Crippen LogP contribution in [0.5, 0.6) is 0 Å². The standard InChI is InChI=1S/C16H26N2O.C3H6O/c1-3-16(17,4-2)13-14-5-7-15(8-6-14)18-9-11-19-12-10-18;1-2-3-4/h5-8H,3-4,9-13,17H2,1-2H3;3H,2H2,1H3. The molecule has 1 aromatic carbocycles. The molecule has 0 amide bonds. The molecule has 1 fully saturated rings.